The van der Waals surface area contributed by atoms with Crippen LogP contribution in [0.5, 0.6) is 0 Å². The van der Waals surface area contributed by atoms with Crippen LogP contribution >= 0.6 is 0 Å². The van der Waals surface area contributed by atoms with E-state index in [0.29, 0.717) is 11.3 Å². The van der Waals surface area contributed by atoms with E-state index in [-0.39, 0.29) is 11.3 Å². The first kappa shape index (κ1) is 12.8. The summed E-state index contributed by atoms with van der Waals surface area (Å²) < 4.78 is 0. The van der Waals surface area contributed by atoms with Crippen molar-refractivity contribution < 1.29 is 0 Å². The van der Waals surface area contributed by atoms with Gasteiger partial charge in [-0.25, -0.2) is 0 Å². The molecule has 0 atom stereocenters. The summed E-state index contributed by atoms with van der Waals surface area (Å²) in [6, 6.07) is 12.0. The van der Waals surface area contributed by atoms with Gasteiger partial charge in [0, 0.05) is 5.69 Å². The maximum Gasteiger partial charge on any atom is 0.163 e. The van der Waals surface area contributed by atoms with Crippen molar-refractivity contribution in [1.29, 1.82) is 21.0 Å². The van der Waals surface area contributed by atoms with Crippen molar-refractivity contribution in [1.82, 2.24) is 0 Å². The van der Waals surface area contributed by atoms with E-state index in [4.69, 9.17) is 21.0 Å². The normalized spacial score (nSPS) is 8.06. The molecule has 0 fully saturated rings. The summed E-state index contributed by atoms with van der Waals surface area (Å²) in [4.78, 5) is 0. The second-order valence-electron chi connectivity index (χ2n) is 3.35. The van der Waals surface area contributed by atoms with Crippen LogP contribution in [0, 0.1) is 52.2 Å². The highest BCUT2D eigenvalue weighted by atomic mass is 14.9. The van der Waals surface area contributed by atoms with Crippen LogP contribution in [0.25, 0.3) is 0 Å². The van der Waals surface area contributed by atoms with Crippen LogP contribution in [0.2, 0.25) is 0 Å². The third-order valence-corrected chi connectivity index (χ3v) is 2.21. The average Bonchev–Trinajstić information content (AvgIpc) is 2.40. The van der Waals surface area contributed by atoms with E-state index >= 15 is 0 Å². The monoisotopic (exact) mass is 233 g/mol. The van der Waals surface area contributed by atoms with Crippen LogP contribution in [-0.4, -0.2) is 0 Å². The van der Waals surface area contributed by atoms with Crippen LogP contribution in [-0.2, 0) is 0 Å². The number of rotatable bonds is 2. The third-order valence-electron chi connectivity index (χ3n) is 2.21. The van der Waals surface area contributed by atoms with Gasteiger partial charge in [0.2, 0.25) is 0 Å². The molecular weight excluding hydrogens is 226 g/mol. The quantitative estimate of drug-likeness (QED) is 0.787. The van der Waals surface area contributed by atoms with Crippen molar-refractivity contribution in [3.8, 4) is 24.3 Å². The van der Waals surface area contributed by atoms with Gasteiger partial charge < -0.3 is 5.32 Å². The molecular formula is C13H7N5. The molecule has 0 heterocycles. The molecule has 1 aromatic carbocycles. The van der Waals surface area contributed by atoms with Crippen molar-refractivity contribution in [2.24, 2.45) is 0 Å². The van der Waals surface area contributed by atoms with Gasteiger partial charge in [0.25, 0.3) is 0 Å². The Morgan fingerprint density at radius 2 is 1.72 bits per heavy atom. The maximum absolute atomic E-state index is 8.88. The number of hydrogen-bond acceptors (Lipinski definition) is 5. The van der Waals surface area contributed by atoms with Gasteiger partial charge in [-0.05, 0) is 24.6 Å². The number of nitriles is 4. The first-order chi connectivity index (χ1) is 8.65. The Morgan fingerprint density at radius 3 is 2.22 bits per heavy atom. The average molecular weight is 233 g/mol. The zero-order valence-electron chi connectivity index (χ0n) is 9.52. The van der Waals surface area contributed by atoms with Gasteiger partial charge in [0.05, 0.1) is 11.6 Å². The number of benzene rings is 1. The zero-order valence-corrected chi connectivity index (χ0v) is 9.52. The lowest BCUT2D eigenvalue weighted by Gasteiger charge is -2.06. The highest BCUT2D eigenvalue weighted by Crippen LogP contribution is 2.17. The van der Waals surface area contributed by atoms with Crippen molar-refractivity contribution in [3.05, 3.63) is 40.6 Å². The van der Waals surface area contributed by atoms with Crippen LogP contribution in [0.1, 0.15) is 11.1 Å². The van der Waals surface area contributed by atoms with Gasteiger partial charge in [0.1, 0.15) is 23.9 Å². The molecule has 0 spiro atoms. The first-order valence-electron chi connectivity index (χ1n) is 4.88. The SMILES string of the molecule is Cc1ccc(NC(C#N)=C(C#N)C#N)cc1C#N. The van der Waals surface area contributed by atoms with Gasteiger partial charge in [0.15, 0.2) is 5.57 Å². The lowest BCUT2D eigenvalue weighted by atomic mass is 10.1. The fourth-order valence-corrected chi connectivity index (χ4v) is 1.25. The summed E-state index contributed by atoms with van der Waals surface area (Å²) in [6.45, 7) is 1.79. The van der Waals surface area contributed by atoms with Crippen molar-refractivity contribution >= 4 is 5.69 Å². The molecule has 0 saturated heterocycles. The topological polar surface area (TPSA) is 107 Å². The number of aryl methyl sites for hydroxylation is 1. The molecule has 0 aliphatic carbocycles. The number of anilines is 1. The third kappa shape index (κ3) is 2.64. The Balaban J connectivity index is 3.19. The van der Waals surface area contributed by atoms with Crippen LogP contribution in [0.15, 0.2) is 29.5 Å². The molecule has 0 aliphatic heterocycles. The highest BCUT2D eigenvalue weighted by molar-refractivity contribution is 5.61. The Bertz CT molecular complexity index is 655. The van der Waals surface area contributed by atoms with Crippen LogP contribution < -0.4 is 5.32 Å². The Kier molecular flexibility index (Phi) is 4.06. The van der Waals surface area contributed by atoms with E-state index in [1.54, 1.807) is 43.3 Å². The van der Waals surface area contributed by atoms with Crippen molar-refractivity contribution in [2.45, 2.75) is 6.92 Å². The number of allylic oxidation sites excluding steroid dienone is 2. The summed E-state index contributed by atoms with van der Waals surface area (Å²) in [5, 5.41) is 37.7. The molecule has 0 aromatic heterocycles. The van der Waals surface area contributed by atoms with Crippen LogP contribution in [0.4, 0.5) is 5.69 Å². The largest absolute Gasteiger partial charge is 0.345 e. The Morgan fingerprint density at radius 1 is 1.06 bits per heavy atom. The molecule has 0 bridgehead atoms. The predicted molar refractivity (Wildman–Crippen MR) is 63.4 cm³/mol. The number of nitrogens with zero attached hydrogens (tertiary/aromatic N) is 4. The highest BCUT2D eigenvalue weighted by Gasteiger charge is 2.07. The van der Waals surface area contributed by atoms with Gasteiger partial charge in [-0.15, -0.1) is 0 Å². The number of hydrogen-bond donors (Lipinski definition) is 1. The molecule has 0 unspecified atom stereocenters. The van der Waals surface area contributed by atoms with E-state index < -0.39 is 0 Å². The summed E-state index contributed by atoms with van der Waals surface area (Å²) in [7, 11) is 0. The molecule has 0 amide bonds. The predicted octanol–water partition coefficient (Wildman–Crippen LogP) is 2.10. The molecule has 5 nitrogen and oxygen atoms in total. The minimum atomic E-state index is -0.295. The maximum atomic E-state index is 8.88. The van der Waals surface area contributed by atoms with Gasteiger partial charge >= 0.3 is 0 Å². The van der Waals surface area contributed by atoms with Crippen molar-refractivity contribution in [3.63, 3.8) is 0 Å². The van der Waals surface area contributed by atoms with E-state index in [1.165, 1.54) is 0 Å². The van der Waals surface area contributed by atoms with E-state index in [9.17, 15) is 0 Å². The second kappa shape index (κ2) is 5.71. The summed E-state index contributed by atoms with van der Waals surface area (Å²) >= 11 is 0. The number of nitrogens with one attached hydrogen (secondary N) is 1. The molecule has 1 N–H and O–H groups in total. The molecule has 0 aliphatic rings. The van der Waals surface area contributed by atoms with E-state index in [2.05, 4.69) is 5.32 Å². The Hall–Kier alpha value is -3.28. The van der Waals surface area contributed by atoms with Crippen LogP contribution in [0.3, 0.4) is 0 Å². The minimum Gasteiger partial charge on any atom is -0.345 e. The van der Waals surface area contributed by atoms with Gasteiger partial charge in [-0.3, -0.25) is 0 Å². The first-order valence-corrected chi connectivity index (χ1v) is 4.88. The summed E-state index contributed by atoms with van der Waals surface area (Å²) in [5.41, 5.74) is 1.33. The fourth-order valence-electron chi connectivity index (χ4n) is 1.25. The molecule has 0 radical (unpaired) electrons. The molecule has 5 heteroatoms. The zero-order chi connectivity index (χ0) is 13.5. The van der Waals surface area contributed by atoms with E-state index in [0.717, 1.165) is 5.56 Å². The Labute approximate surface area is 104 Å². The summed E-state index contributed by atoms with van der Waals surface area (Å²) in [5.74, 6) is 0. The summed E-state index contributed by atoms with van der Waals surface area (Å²) in [6.07, 6.45) is 0. The van der Waals surface area contributed by atoms with Crippen molar-refractivity contribution in [2.75, 3.05) is 5.32 Å². The fraction of sp³-hybridized carbons (Fsp3) is 0.0769. The van der Waals surface area contributed by atoms with E-state index in [1.807, 2.05) is 6.07 Å². The lowest BCUT2D eigenvalue weighted by molar-refractivity contribution is 1.35. The lowest BCUT2D eigenvalue weighted by Crippen LogP contribution is -2.01. The molecule has 0 saturated carbocycles. The standard InChI is InChI=1S/C13H7N5/c1-9-2-3-12(4-10(9)5-14)18-13(8-17)11(6-15)7-16/h2-4,18H,1H3. The second-order valence-corrected chi connectivity index (χ2v) is 3.35. The minimum absolute atomic E-state index is 0.132. The van der Waals surface area contributed by atoms with Gasteiger partial charge in [-0.2, -0.15) is 21.0 Å². The molecule has 1 aromatic rings. The van der Waals surface area contributed by atoms with Gasteiger partial charge in [-0.1, -0.05) is 6.07 Å². The molecule has 18 heavy (non-hydrogen) atoms. The molecule has 1 rings (SSSR count). The smallest absolute Gasteiger partial charge is 0.163 e. The molecule has 84 valence electrons.